The van der Waals surface area contributed by atoms with E-state index in [2.05, 4.69) is 28.5 Å². The lowest BCUT2D eigenvalue weighted by molar-refractivity contribution is 0.277. The third-order valence-electron chi connectivity index (χ3n) is 3.84. The first kappa shape index (κ1) is 15.2. The van der Waals surface area contributed by atoms with Gasteiger partial charge in [0.15, 0.2) is 0 Å². The number of para-hydroxylation sites is 1. The van der Waals surface area contributed by atoms with Gasteiger partial charge in [0.25, 0.3) is 0 Å². The van der Waals surface area contributed by atoms with Crippen molar-refractivity contribution in [1.29, 1.82) is 0 Å². The Kier molecular flexibility index (Phi) is 4.12. The van der Waals surface area contributed by atoms with Gasteiger partial charge in [-0.2, -0.15) is 0 Å². The summed E-state index contributed by atoms with van der Waals surface area (Å²) in [6.45, 7) is 3.88. The molecule has 0 bridgehead atoms. The van der Waals surface area contributed by atoms with Gasteiger partial charge in [-0.3, -0.25) is 0 Å². The number of aliphatic hydroxyl groups is 1. The van der Waals surface area contributed by atoms with Crippen LogP contribution in [-0.2, 0) is 6.61 Å². The molecule has 0 saturated heterocycles. The van der Waals surface area contributed by atoms with E-state index in [1.54, 1.807) is 11.8 Å². The summed E-state index contributed by atoms with van der Waals surface area (Å²) in [5, 5.41) is 18.1. The molecule has 0 unspecified atom stereocenters. The Hall–Kier alpha value is -2.66. The molecule has 3 rings (SSSR count). The number of aliphatic hydroxyl groups excluding tert-OH is 1. The fourth-order valence-electron chi connectivity index (χ4n) is 2.65. The van der Waals surface area contributed by atoms with Gasteiger partial charge in [-0.1, -0.05) is 29.5 Å². The van der Waals surface area contributed by atoms with Crippen molar-refractivity contribution in [2.75, 3.05) is 7.11 Å². The first-order chi connectivity index (χ1) is 11.2. The van der Waals surface area contributed by atoms with E-state index < -0.39 is 0 Å². The minimum Gasteiger partial charge on any atom is -0.496 e. The molecule has 3 aromatic rings. The molecule has 0 amide bonds. The second kappa shape index (κ2) is 6.22. The average Bonchev–Trinajstić information content (AvgIpc) is 3.00. The fourth-order valence-corrected chi connectivity index (χ4v) is 2.65. The van der Waals surface area contributed by atoms with E-state index in [-0.39, 0.29) is 6.61 Å². The zero-order chi connectivity index (χ0) is 16.4. The number of hydrogen-bond donors (Lipinski definition) is 1. The highest BCUT2D eigenvalue weighted by molar-refractivity contribution is 5.71. The van der Waals surface area contributed by atoms with E-state index in [9.17, 15) is 5.11 Å². The third kappa shape index (κ3) is 2.71. The van der Waals surface area contributed by atoms with Crippen molar-refractivity contribution in [3.63, 3.8) is 0 Å². The van der Waals surface area contributed by atoms with Gasteiger partial charge in [-0.25, -0.2) is 4.68 Å². The summed E-state index contributed by atoms with van der Waals surface area (Å²) >= 11 is 0. The predicted octanol–water partition coefficient (Wildman–Crippen LogP) is 3.05. The molecular formula is C18H19N3O2. The van der Waals surface area contributed by atoms with E-state index >= 15 is 0 Å². The van der Waals surface area contributed by atoms with Crippen LogP contribution in [0.3, 0.4) is 0 Å². The quantitative estimate of drug-likeness (QED) is 0.804. The van der Waals surface area contributed by atoms with Crippen LogP contribution in [0.4, 0.5) is 0 Å². The van der Waals surface area contributed by atoms with Crippen LogP contribution in [0.25, 0.3) is 16.9 Å². The van der Waals surface area contributed by atoms with Crippen LogP contribution in [0.1, 0.15) is 16.8 Å². The van der Waals surface area contributed by atoms with Crippen LogP contribution in [0.5, 0.6) is 5.75 Å². The summed E-state index contributed by atoms with van der Waals surface area (Å²) in [5.41, 5.74) is 5.29. The third-order valence-corrected chi connectivity index (χ3v) is 3.84. The highest BCUT2D eigenvalue weighted by Gasteiger charge is 2.19. The Labute approximate surface area is 135 Å². The second-order valence-electron chi connectivity index (χ2n) is 5.44. The summed E-state index contributed by atoms with van der Waals surface area (Å²) in [4.78, 5) is 0. The normalized spacial score (nSPS) is 10.8. The molecule has 0 aliphatic carbocycles. The van der Waals surface area contributed by atoms with Crippen molar-refractivity contribution in [3.8, 4) is 22.7 Å². The standard InChI is InChI=1S/C18H19N3O2/c1-12-8-9-13(2)16(10-12)21-18(15(11-22)19-20-21)14-6-4-5-7-17(14)23-3/h4-10,22H,11H2,1-3H3. The first-order valence-corrected chi connectivity index (χ1v) is 7.42. The molecular weight excluding hydrogens is 290 g/mol. The number of rotatable bonds is 4. The molecule has 2 aromatic carbocycles. The summed E-state index contributed by atoms with van der Waals surface area (Å²) in [6, 6.07) is 13.8. The molecule has 0 aliphatic rings. The summed E-state index contributed by atoms with van der Waals surface area (Å²) in [5.74, 6) is 0.719. The predicted molar refractivity (Wildman–Crippen MR) is 88.7 cm³/mol. The van der Waals surface area contributed by atoms with E-state index in [1.165, 1.54) is 0 Å². The molecule has 118 valence electrons. The zero-order valence-electron chi connectivity index (χ0n) is 13.4. The smallest absolute Gasteiger partial charge is 0.128 e. The number of aryl methyl sites for hydroxylation is 2. The van der Waals surface area contributed by atoms with Gasteiger partial charge >= 0.3 is 0 Å². The van der Waals surface area contributed by atoms with Crippen LogP contribution < -0.4 is 4.74 Å². The number of nitrogens with zero attached hydrogens (tertiary/aromatic N) is 3. The van der Waals surface area contributed by atoms with Crippen LogP contribution in [-0.4, -0.2) is 27.2 Å². The molecule has 5 nitrogen and oxygen atoms in total. The van der Waals surface area contributed by atoms with Crippen LogP contribution in [0.15, 0.2) is 42.5 Å². The number of benzene rings is 2. The molecule has 0 fully saturated rings. The van der Waals surface area contributed by atoms with Gasteiger partial charge in [-0.05, 0) is 43.2 Å². The molecule has 5 heteroatoms. The van der Waals surface area contributed by atoms with E-state index in [0.717, 1.165) is 33.8 Å². The first-order valence-electron chi connectivity index (χ1n) is 7.42. The minimum absolute atomic E-state index is 0.182. The summed E-state index contributed by atoms with van der Waals surface area (Å²) in [7, 11) is 1.63. The Balaban J connectivity index is 2.29. The number of methoxy groups -OCH3 is 1. The highest BCUT2D eigenvalue weighted by Crippen LogP contribution is 2.33. The van der Waals surface area contributed by atoms with Gasteiger partial charge in [0.05, 0.1) is 19.4 Å². The summed E-state index contributed by atoms with van der Waals surface area (Å²) < 4.78 is 7.23. The zero-order valence-corrected chi connectivity index (χ0v) is 13.4. The van der Waals surface area contributed by atoms with Crippen molar-refractivity contribution in [1.82, 2.24) is 15.0 Å². The van der Waals surface area contributed by atoms with Gasteiger partial charge in [0.1, 0.15) is 17.1 Å². The van der Waals surface area contributed by atoms with Crippen molar-refractivity contribution in [2.45, 2.75) is 20.5 Å². The summed E-state index contributed by atoms with van der Waals surface area (Å²) in [6.07, 6.45) is 0. The highest BCUT2D eigenvalue weighted by atomic mass is 16.5. The van der Waals surface area contributed by atoms with Crippen molar-refractivity contribution in [2.24, 2.45) is 0 Å². The van der Waals surface area contributed by atoms with E-state index in [4.69, 9.17) is 4.74 Å². The fraction of sp³-hybridized carbons (Fsp3) is 0.222. The maximum absolute atomic E-state index is 9.67. The molecule has 0 saturated carbocycles. The van der Waals surface area contributed by atoms with Gasteiger partial charge in [-0.15, -0.1) is 5.10 Å². The largest absolute Gasteiger partial charge is 0.496 e. The molecule has 1 heterocycles. The van der Waals surface area contributed by atoms with Crippen molar-refractivity contribution < 1.29 is 9.84 Å². The molecule has 0 radical (unpaired) electrons. The monoisotopic (exact) mass is 309 g/mol. The topological polar surface area (TPSA) is 60.2 Å². The van der Waals surface area contributed by atoms with E-state index in [1.807, 2.05) is 38.1 Å². The van der Waals surface area contributed by atoms with Crippen molar-refractivity contribution >= 4 is 0 Å². The maximum atomic E-state index is 9.67. The number of aromatic nitrogens is 3. The Morgan fingerprint density at radius 2 is 1.91 bits per heavy atom. The van der Waals surface area contributed by atoms with Crippen molar-refractivity contribution in [3.05, 3.63) is 59.3 Å². The van der Waals surface area contributed by atoms with Crippen LogP contribution in [0.2, 0.25) is 0 Å². The lowest BCUT2D eigenvalue weighted by Crippen LogP contribution is -2.04. The van der Waals surface area contributed by atoms with Gasteiger partial charge in [0, 0.05) is 5.56 Å². The average molecular weight is 309 g/mol. The molecule has 0 atom stereocenters. The SMILES string of the molecule is COc1ccccc1-c1c(CO)nnn1-c1cc(C)ccc1C. The molecule has 23 heavy (non-hydrogen) atoms. The number of hydrogen-bond acceptors (Lipinski definition) is 4. The second-order valence-corrected chi connectivity index (χ2v) is 5.44. The Bertz CT molecular complexity index is 840. The molecule has 1 aromatic heterocycles. The number of ether oxygens (including phenoxy) is 1. The molecule has 0 spiro atoms. The van der Waals surface area contributed by atoms with Gasteiger partial charge < -0.3 is 9.84 Å². The van der Waals surface area contributed by atoms with Crippen LogP contribution in [0, 0.1) is 13.8 Å². The Morgan fingerprint density at radius 1 is 1.13 bits per heavy atom. The molecule has 0 aliphatic heterocycles. The van der Waals surface area contributed by atoms with Crippen LogP contribution >= 0.6 is 0 Å². The molecule has 1 N–H and O–H groups in total. The maximum Gasteiger partial charge on any atom is 0.128 e. The van der Waals surface area contributed by atoms with Gasteiger partial charge in [0.2, 0.25) is 0 Å². The Morgan fingerprint density at radius 3 is 2.65 bits per heavy atom. The van der Waals surface area contributed by atoms with E-state index in [0.29, 0.717) is 5.69 Å². The lowest BCUT2D eigenvalue weighted by Gasteiger charge is -2.13. The lowest BCUT2D eigenvalue weighted by atomic mass is 10.1. The minimum atomic E-state index is -0.182.